The molecule has 1 nitrogen and oxygen atoms in total. The smallest absolute Gasteiger partial charge is 0.0920 e. The van der Waals surface area contributed by atoms with Crippen LogP contribution in [0.4, 0.5) is 0 Å². The Kier molecular flexibility index (Phi) is 2.38. The first kappa shape index (κ1) is 8.79. The monoisotopic (exact) mass is 154 g/mol. The summed E-state index contributed by atoms with van der Waals surface area (Å²) in [5.74, 6) is 0. The van der Waals surface area contributed by atoms with Crippen molar-refractivity contribution in [3.8, 4) is 0 Å². The number of allylic oxidation sites excluding steroid dienone is 2. The lowest BCUT2D eigenvalue weighted by Gasteiger charge is -2.01. The first-order chi connectivity index (χ1) is 5.04. The molecule has 1 rings (SSSR count). The Morgan fingerprint density at radius 1 is 1.55 bits per heavy atom. The summed E-state index contributed by atoms with van der Waals surface area (Å²) in [4.78, 5) is 0. The first-order valence-corrected chi connectivity index (χ1v) is 4.36. The van der Waals surface area contributed by atoms with Gasteiger partial charge in [-0.3, -0.25) is 0 Å². The predicted octanol–water partition coefficient (Wildman–Crippen LogP) is 2.91. The lowest BCUT2D eigenvalue weighted by atomic mass is 10.0. The Morgan fingerprint density at radius 3 is 2.45 bits per heavy atom. The van der Waals surface area contributed by atoms with Gasteiger partial charge in [0.05, 0.1) is 11.7 Å². The van der Waals surface area contributed by atoms with Crippen LogP contribution in [0.2, 0.25) is 0 Å². The van der Waals surface area contributed by atoms with E-state index in [0.29, 0.717) is 6.10 Å². The molecule has 0 bridgehead atoms. The molecule has 1 fully saturated rings. The van der Waals surface area contributed by atoms with E-state index in [1.54, 1.807) is 0 Å². The van der Waals surface area contributed by atoms with Gasteiger partial charge in [0.1, 0.15) is 0 Å². The molecule has 1 heteroatoms. The second kappa shape index (κ2) is 2.98. The number of epoxide rings is 1. The molecule has 1 heterocycles. The molecule has 0 saturated carbocycles. The van der Waals surface area contributed by atoms with Crippen molar-refractivity contribution < 1.29 is 4.74 Å². The molecule has 0 aromatic carbocycles. The van der Waals surface area contributed by atoms with Crippen LogP contribution in [0.3, 0.4) is 0 Å². The van der Waals surface area contributed by atoms with Crippen molar-refractivity contribution in [2.45, 2.75) is 52.2 Å². The van der Waals surface area contributed by atoms with Crippen molar-refractivity contribution in [3.63, 3.8) is 0 Å². The fraction of sp³-hybridized carbons (Fsp3) is 0.800. The molecule has 1 aliphatic rings. The molecule has 0 radical (unpaired) electrons. The van der Waals surface area contributed by atoms with Crippen LogP contribution >= 0.6 is 0 Å². The first-order valence-electron chi connectivity index (χ1n) is 4.36. The third-order valence-electron chi connectivity index (χ3n) is 2.44. The van der Waals surface area contributed by atoms with Crippen molar-refractivity contribution in [1.82, 2.24) is 0 Å². The van der Waals surface area contributed by atoms with E-state index in [4.69, 9.17) is 4.74 Å². The van der Waals surface area contributed by atoms with E-state index < -0.39 is 0 Å². The average Bonchev–Trinajstić information content (AvgIpc) is 2.39. The Labute approximate surface area is 69.4 Å². The summed E-state index contributed by atoms with van der Waals surface area (Å²) in [7, 11) is 0. The minimum absolute atomic E-state index is 0.200. The summed E-state index contributed by atoms with van der Waals surface area (Å²) in [6.45, 7) is 8.61. The molecule has 0 aromatic heterocycles. The molecule has 0 aliphatic carbocycles. The van der Waals surface area contributed by atoms with Gasteiger partial charge in [-0.25, -0.2) is 0 Å². The van der Waals surface area contributed by atoms with Crippen LogP contribution in [0.15, 0.2) is 11.6 Å². The van der Waals surface area contributed by atoms with Gasteiger partial charge in [0.25, 0.3) is 0 Å². The highest BCUT2D eigenvalue weighted by Crippen LogP contribution is 2.39. The Hall–Kier alpha value is -0.300. The maximum Gasteiger partial charge on any atom is 0.0920 e. The largest absolute Gasteiger partial charge is 0.367 e. The third-order valence-corrected chi connectivity index (χ3v) is 2.44. The van der Waals surface area contributed by atoms with Gasteiger partial charge in [0.2, 0.25) is 0 Å². The average molecular weight is 154 g/mol. The van der Waals surface area contributed by atoms with E-state index in [9.17, 15) is 0 Å². The minimum atomic E-state index is 0.200. The van der Waals surface area contributed by atoms with Crippen LogP contribution in [0.1, 0.15) is 40.5 Å². The molecule has 1 saturated heterocycles. The van der Waals surface area contributed by atoms with Crippen LogP contribution in [0.5, 0.6) is 0 Å². The number of ether oxygens (including phenoxy) is 1. The Bertz CT molecular complexity index is 168. The Morgan fingerprint density at radius 2 is 2.09 bits per heavy atom. The standard InChI is InChI=1S/C10H18O/c1-8(2)6-5-7-10(4)9(3)11-10/h6,9H,5,7H2,1-4H3. The molecule has 11 heavy (non-hydrogen) atoms. The highest BCUT2D eigenvalue weighted by Gasteiger charge is 2.47. The van der Waals surface area contributed by atoms with Gasteiger partial charge in [-0.15, -0.1) is 0 Å². The van der Waals surface area contributed by atoms with Gasteiger partial charge in [-0.2, -0.15) is 0 Å². The molecule has 0 spiro atoms. The quantitative estimate of drug-likeness (QED) is 0.450. The van der Waals surface area contributed by atoms with Crippen molar-refractivity contribution in [2.24, 2.45) is 0 Å². The van der Waals surface area contributed by atoms with Crippen LogP contribution in [-0.4, -0.2) is 11.7 Å². The van der Waals surface area contributed by atoms with Crippen molar-refractivity contribution in [2.75, 3.05) is 0 Å². The van der Waals surface area contributed by atoms with Gasteiger partial charge < -0.3 is 4.74 Å². The second-order valence-electron chi connectivity index (χ2n) is 3.89. The van der Waals surface area contributed by atoms with E-state index in [0.717, 1.165) is 6.42 Å². The summed E-state index contributed by atoms with van der Waals surface area (Å²) < 4.78 is 5.46. The summed E-state index contributed by atoms with van der Waals surface area (Å²) >= 11 is 0. The zero-order chi connectivity index (χ0) is 8.48. The fourth-order valence-electron chi connectivity index (χ4n) is 1.28. The maximum absolute atomic E-state index is 5.46. The predicted molar refractivity (Wildman–Crippen MR) is 47.6 cm³/mol. The van der Waals surface area contributed by atoms with Crippen molar-refractivity contribution in [3.05, 3.63) is 11.6 Å². The highest BCUT2D eigenvalue weighted by atomic mass is 16.6. The van der Waals surface area contributed by atoms with E-state index in [1.807, 2.05) is 0 Å². The topological polar surface area (TPSA) is 12.5 Å². The van der Waals surface area contributed by atoms with E-state index in [2.05, 4.69) is 33.8 Å². The molecule has 2 atom stereocenters. The molecular weight excluding hydrogens is 136 g/mol. The second-order valence-corrected chi connectivity index (χ2v) is 3.89. The van der Waals surface area contributed by atoms with Crippen LogP contribution in [0.25, 0.3) is 0 Å². The fourth-order valence-corrected chi connectivity index (χ4v) is 1.28. The molecule has 1 aliphatic heterocycles. The van der Waals surface area contributed by atoms with Gasteiger partial charge in [-0.05, 0) is 40.5 Å². The molecule has 0 N–H and O–H groups in total. The number of hydrogen-bond acceptors (Lipinski definition) is 1. The van der Waals surface area contributed by atoms with Gasteiger partial charge in [0, 0.05) is 0 Å². The van der Waals surface area contributed by atoms with E-state index in [-0.39, 0.29) is 5.60 Å². The third kappa shape index (κ3) is 2.33. The highest BCUT2D eigenvalue weighted by molar-refractivity contribution is 5.00. The van der Waals surface area contributed by atoms with E-state index >= 15 is 0 Å². The molecule has 64 valence electrons. The number of rotatable bonds is 3. The zero-order valence-corrected chi connectivity index (χ0v) is 7.98. The zero-order valence-electron chi connectivity index (χ0n) is 7.98. The Balaban J connectivity index is 2.19. The lowest BCUT2D eigenvalue weighted by Crippen LogP contribution is -2.06. The van der Waals surface area contributed by atoms with Gasteiger partial charge >= 0.3 is 0 Å². The van der Waals surface area contributed by atoms with Crippen LogP contribution in [-0.2, 0) is 4.74 Å². The normalized spacial score (nSPS) is 35.1. The lowest BCUT2D eigenvalue weighted by molar-refractivity contribution is 0.300. The number of hydrogen-bond donors (Lipinski definition) is 0. The molecule has 0 aromatic rings. The maximum atomic E-state index is 5.46. The SMILES string of the molecule is CC(C)=CCCC1(C)OC1C. The van der Waals surface area contributed by atoms with Crippen molar-refractivity contribution >= 4 is 0 Å². The van der Waals surface area contributed by atoms with Gasteiger partial charge in [0.15, 0.2) is 0 Å². The summed E-state index contributed by atoms with van der Waals surface area (Å²) in [6.07, 6.45) is 5.08. The molecular formula is C10H18O. The van der Waals surface area contributed by atoms with Crippen molar-refractivity contribution in [1.29, 1.82) is 0 Å². The summed E-state index contributed by atoms with van der Waals surface area (Å²) in [6, 6.07) is 0. The van der Waals surface area contributed by atoms with Gasteiger partial charge in [-0.1, -0.05) is 11.6 Å². The minimum Gasteiger partial charge on any atom is -0.367 e. The summed E-state index contributed by atoms with van der Waals surface area (Å²) in [5, 5.41) is 0. The van der Waals surface area contributed by atoms with Crippen LogP contribution < -0.4 is 0 Å². The summed E-state index contributed by atoms with van der Waals surface area (Å²) in [5.41, 5.74) is 1.60. The molecule has 2 unspecified atom stereocenters. The van der Waals surface area contributed by atoms with Crippen LogP contribution in [0, 0.1) is 0 Å². The van der Waals surface area contributed by atoms with E-state index in [1.165, 1.54) is 12.0 Å². The molecule has 0 amide bonds.